The van der Waals surface area contributed by atoms with Crippen molar-refractivity contribution < 1.29 is 4.74 Å². The lowest BCUT2D eigenvalue weighted by atomic mass is 9.92. The molecule has 4 aromatic rings. The number of piperazine rings is 1. The molecule has 0 aliphatic carbocycles. The third-order valence-electron chi connectivity index (χ3n) is 6.20. The fourth-order valence-electron chi connectivity index (χ4n) is 4.09. The zero-order valence-electron chi connectivity index (χ0n) is 20.7. The molecule has 9 nitrogen and oxygen atoms in total. The van der Waals surface area contributed by atoms with Crippen LogP contribution in [0.2, 0.25) is 5.02 Å². The van der Waals surface area contributed by atoms with Gasteiger partial charge in [0.1, 0.15) is 17.4 Å². The molecule has 1 aliphatic heterocycles. The number of anilines is 3. The molecule has 0 unspecified atom stereocenters. The van der Waals surface area contributed by atoms with Crippen molar-refractivity contribution in [2.75, 3.05) is 43.4 Å². The van der Waals surface area contributed by atoms with Gasteiger partial charge in [-0.3, -0.25) is 5.10 Å². The summed E-state index contributed by atoms with van der Waals surface area (Å²) in [6.07, 6.45) is 0. The SMILES string of the molecule is Cc1cc2c(Cl)c(Oc3nc(Nc4cc(C(C)(C)C)[nH]n4)cc(N4CCN(C)CC4)n3)ccc2[nH]1. The highest BCUT2D eigenvalue weighted by Gasteiger charge is 2.20. The number of nitrogens with one attached hydrogen (secondary N) is 3. The van der Waals surface area contributed by atoms with E-state index in [0.29, 0.717) is 22.4 Å². The Morgan fingerprint density at radius 2 is 1.80 bits per heavy atom. The summed E-state index contributed by atoms with van der Waals surface area (Å²) in [7, 11) is 2.13. The summed E-state index contributed by atoms with van der Waals surface area (Å²) < 4.78 is 6.14. The molecule has 0 spiro atoms. The average Bonchev–Trinajstić information content (AvgIpc) is 3.43. The lowest BCUT2D eigenvalue weighted by Gasteiger charge is -2.33. The van der Waals surface area contributed by atoms with Gasteiger partial charge in [-0.05, 0) is 32.2 Å². The number of H-pyrrole nitrogens is 2. The number of fused-ring (bicyclic) bond motifs is 1. The van der Waals surface area contributed by atoms with Gasteiger partial charge < -0.3 is 24.8 Å². The van der Waals surface area contributed by atoms with Crippen molar-refractivity contribution in [3.8, 4) is 11.8 Å². The second-order valence-electron chi connectivity index (χ2n) is 10.1. The summed E-state index contributed by atoms with van der Waals surface area (Å²) in [5.74, 6) is 2.60. The molecule has 0 atom stereocenters. The van der Waals surface area contributed by atoms with E-state index in [1.807, 2.05) is 37.3 Å². The largest absolute Gasteiger partial charge is 0.423 e. The van der Waals surface area contributed by atoms with Gasteiger partial charge in [0, 0.05) is 66.0 Å². The maximum atomic E-state index is 6.68. The molecule has 35 heavy (non-hydrogen) atoms. The monoisotopic (exact) mass is 494 g/mol. The molecule has 1 fully saturated rings. The fourth-order valence-corrected chi connectivity index (χ4v) is 4.34. The molecule has 0 bridgehead atoms. The van der Waals surface area contributed by atoms with Crippen LogP contribution in [0.15, 0.2) is 30.3 Å². The summed E-state index contributed by atoms with van der Waals surface area (Å²) in [5, 5.41) is 12.3. The number of hydrogen-bond donors (Lipinski definition) is 3. The van der Waals surface area contributed by atoms with Crippen LogP contribution >= 0.6 is 11.6 Å². The summed E-state index contributed by atoms with van der Waals surface area (Å²) in [6.45, 7) is 12.1. The lowest BCUT2D eigenvalue weighted by molar-refractivity contribution is 0.311. The van der Waals surface area contributed by atoms with Crippen molar-refractivity contribution >= 4 is 40.0 Å². The second-order valence-corrected chi connectivity index (χ2v) is 10.5. The van der Waals surface area contributed by atoms with Gasteiger partial charge in [0.05, 0.1) is 5.02 Å². The van der Waals surface area contributed by atoms with Gasteiger partial charge in [0.25, 0.3) is 0 Å². The van der Waals surface area contributed by atoms with Gasteiger partial charge in [-0.25, -0.2) is 0 Å². The van der Waals surface area contributed by atoms with Crippen LogP contribution in [0.1, 0.15) is 32.2 Å². The van der Waals surface area contributed by atoms with Crippen molar-refractivity contribution in [2.24, 2.45) is 0 Å². The third kappa shape index (κ3) is 5.06. The van der Waals surface area contributed by atoms with Gasteiger partial charge >= 0.3 is 6.01 Å². The molecule has 0 saturated carbocycles. The van der Waals surface area contributed by atoms with E-state index in [9.17, 15) is 0 Å². The molecule has 4 heterocycles. The Labute approximate surface area is 209 Å². The normalized spacial score (nSPS) is 15.1. The number of aromatic nitrogens is 5. The Morgan fingerprint density at radius 1 is 1.03 bits per heavy atom. The molecule has 10 heteroatoms. The van der Waals surface area contributed by atoms with Gasteiger partial charge in [0.15, 0.2) is 5.82 Å². The highest BCUT2D eigenvalue weighted by Crippen LogP contribution is 2.36. The number of likely N-dealkylation sites (N-methyl/N-ethyl adjacent to an activating group) is 1. The van der Waals surface area contributed by atoms with Crippen LogP contribution in [0.25, 0.3) is 10.9 Å². The van der Waals surface area contributed by atoms with Crippen molar-refractivity contribution in [3.05, 3.63) is 46.7 Å². The zero-order chi connectivity index (χ0) is 24.7. The third-order valence-corrected chi connectivity index (χ3v) is 6.59. The number of rotatable bonds is 5. The first-order valence-electron chi connectivity index (χ1n) is 11.8. The first-order chi connectivity index (χ1) is 16.7. The number of ether oxygens (including phenoxy) is 1. The molecule has 1 saturated heterocycles. The molecule has 1 aromatic carbocycles. The highest BCUT2D eigenvalue weighted by atomic mass is 35.5. The lowest BCUT2D eigenvalue weighted by Crippen LogP contribution is -2.44. The van der Waals surface area contributed by atoms with Crippen molar-refractivity contribution in [2.45, 2.75) is 33.1 Å². The van der Waals surface area contributed by atoms with E-state index in [1.165, 1.54) is 0 Å². The predicted octanol–water partition coefficient (Wildman–Crippen LogP) is 5.23. The average molecular weight is 495 g/mol. The van der Waals surface area contributed by atoms with E-state index in [2.05, 4.69) is 63.1 Å². The molecule has 3 N–H and O–H groups in total. The van der Waals surface area contributed by atoms with Crippen LogP contribution in [0.5, 0.6) is 11.8 Å². The van der Waals surface area contributed by atoms with E-state index >= 15 is 0 Å². The Bertz CT molecular complexity index is 1350. The standard InChI is InChI=1S/C25H31ClN8O/c1-15-12-16-17(27-15)6-7-18(23(16)26)35-24-29-20(28-21-13-19(31-32-21)25(2,3)4)14-22(30-24)34-10-8-33(5)9-11-34/h6-7,12-14,27H,8-11H2,1-5H3,(H2,28,29,30,31,32). The Balaban J connectivity index is 1.48. The van der Waals surface area contributed by atoms with Crippen molar-refractivity contribution in [1.29, 1.82) is 0 Å². The Morgan fingerprint density at radius 3 is 2.51 bits per heavy atom. The molecular formula is C25H31ClN8O. The molecule has 0 amide bonds. The number of halogens is 1. The molecule has 0 radical (unpaired) electrons. The first-order valence-corrected chi connectivity index (χ1v) is 12.1. The molecule has 1 aliphatic rings. The number of nitrogens with zero attached hydrogens (tertiary/aromatic N) is 5. The Kier molecular flexibility index (Phi) is 6.06. The summed E-state index contributed by atoms with van der Waals surface area (Å²) >= 11 is 6.68. The number of aryl methyl sites for hydroxylation is 1. The van der Waals surface area contributed by atoms with E-state index in [0.717, 1.165) is 54.3 Å². The van der Waals surface area contributed by atoms with Crippen LogP contribution in [0, 0.1) is 6.92 Å². The zero-order valence-corrected chi connectivity index (χ0v) is 21.5. The molecule has 3 aromatic heterocycles. The maximum absolute atomic E-state index is 6.68. The minimum absolute atomic E-state index is 0.0379. The van der Waals surface area contributed by atoms with E-state index in [4.69, 9.17) is 21.3 Å². The van der Waals surface area contributed by atoms with Crippen molar-refractivity contribution in [3.63, 3.8) is 0 Å². The van der Waals surface area contributed by atoms with Crippen LogP contribution in [-0.2, 0) is 5.41 Å². The van der Waals surface area contributed by atoms with Gasteiger partial charge in [-0.1, -0.05) is 32.4 Å². The van der Waals surface area contributed by atoms with Crippen molar-refractivity contribution in [1.82, 2.24) is 30.0 Å². The van der Waals surface area contributed by atoms with Crippen LogP contribution in [-0.4, -0.2) is 63.3 Å². The molecule has 5 rings (SSSR count). The van der Waals surface area contributed by atoms with Gasteiger partial charge in [0.2, 0.25) is 0 Å². The summed E-state index contributed by atoms with van der Waals surface area (Å²) in [5.41, 5.74) is 2.99. The highest BCUT2D eigenvalue weighted by molar-refractivity contribution is 6.37. The quantitative estimate of drug-likeness (QED) is 0.349. The minimum Gasteiger partial charge on any atom is -0.423 e. The number of benzene rings is 1. The smallest absolute Gasteiger partial charge is 0.325 e. The number of aromatic amines is 2. The fraction of sp³-hybridized carbons (Fsp3) is 0.400. The number of hydrogen-bond acceptors (Lipinski definition) is 7. The molecule has 184 valence electrons. The van der Waals surface area contributed by atoms with Gasteiger partial charge in [-0.15, -0.1) is 0 Å². The van der Waals surface area contributed by atoms with Crippen LogP contribution in [0.4, 0.5) is 17.5 Å². The predicted molar refractivity (Wildman–Crippen MR) is 140 cm³/mol. The first kappa shape index (κ1) is 23.4. The minimum atomic E-state index is -0.0379. The van der Waals surface area contributed by atoms with E-state index in [1.54, 1.807) is 0 Å². The van der Waals surface area contributed by atoms with Crippen LogP contribution in [0.3, 0.4) is 0 Å². The Hall–Kier alpha value is -3.30. The summed E-state index contributed by atoms with van der Waals surface area (Å²) in [4.78, 5) is 17.2. The van der Waals surface area contributed by atoms with Gasteiger partial charge in [-0.2, -0.15) is 15.1 Å². The topological polar surface area (TPSA) is 98.0 Å². The second kappa shape index (κ2) is 9.05. The van der Waals surface area contributed by atoms with E-state index in [-0.39, 0.29) is 11.4 Å². The van der Waals surface area contributed by atoms with E-state index < -0.39 is 0 Å². The summed E-state index contributed by atoms with van der Waals surface area (Å²) in [6, 6.07) is 9.95. The maximum Gasteiger partial charge on any atom is 0.325 e. The van der Waals surface area contributed by atoms with Crippen LogP contribution < -0.4 is 15.0 Å². The molecular weight excluding hydrogens is 464 g/mol.